The first-order valence-corrected chi connectivity index (χ1v) is 6.09. The van der Waals surface area contributed by atoms with Gasteiger partial charge in [0, 0.05) is 0 Å². The van der Waals surface area contributed by atoms with Crippen LogP contribution < -0.4 is 5.73 Å². The van der Waals surface area contributed by atoms with Crippen molar-refractivity contribution in [2.24, 2.45) is 11.7 Å². The fourth-order valence-corrected chi connectivity index (χ4v) is 1.57. The Bertz CT molecular complexity index is 115. The minimum atomic E-state index is 0.694. The Morgan fingerprint density at radius 3 is 2.36 bits per heavy atom. The van der Waals surface area contributed by atoms with Gasteiger partial charge in [0.05, 0.1) is 0 Å². The maximum absolute atomic E-state index is 5.57. The summed E-state index contributed by atoms with van der Waals surface area (Å²) in [6.07, 6.45) is 6.59. The number of unbranched alkanes of at least 4 members (excludes halogenated alkanes) is 2. The van der Waals surface area contributed by atoms with Crippen LogP contribution in [0, 0.1) is 5.92 Å². The van der Waals surface area contributed by atoms with E-state index in [2.05, 4.69) is 25.8 Å². The highest BCUT2D eigenvalue weighted by Gasteiger charge is 2.01. The molecule has 2 N–H and O–H groups in total. The number of nitrogens with zero attached hydrogens (tertiary/aromatic N) is 1. The first-order valence-electron chi connectivity index (χ1n) is 6.09. The predicted molar refractivity (Wildman–Crippen MR) is 64.5 cm³/mol. The van der Waals surface area contributed by atoms with E-state index in [9.17, 15) is 0 Å². The van der Waals surface area contributed by atoms with Crippen molar-refractivity contribution in [1.82, 2.24) is 4.90 Å². The Balaban J connectivity index is 3.21. The van der Waals surface area contributed by atoms with Crippen molar-refractivity contribution in [3.8, 4) is 0 Å². The van der Waals surface area contributed by atoms with Gasteiger partial charge in [-0.1, -0.05) is 26.7 Å². The molecule has 0 spiro atoms. The third-order valence-electron chi connectivity index (χ3n) is 2.78. The average molecular weight is 200 g/mol. The maximum Gasteiger partial charge on any atom is -0.00217 e. The zero-order valence-electron chi connectivity index (χ0n) is 10.3. The van der Waals surface area contributed by atoms with Crippen LogP contribution in [0.2, 0.25) is 0 Å². The van der Waals surface area contributed by atoms with Crippen molar-refractivity contribution in [2.75, 3.05) is 26.7 Å². The third-order valence-corrected chi connectivity index (χ3v) is 2.78. The molecule has 2 heteroatoms. The molecule has 86 valence electrons. The van der Waals surface area contributed by atoms with Crippen LogP contribution in [0.15, 0.2) is 0 Å². The van der Waals surface area contributed by atoms with E-state index in [0.29, 0.717) is 5.92 Å². The molecule has 1 atom stereocenters. The zero-order chi connectivity index (χ0) is 10.8. The van der Waals surface area contributed by atoms with Gasteiger partial charge in [0.1, 0.15) is 0 Å². The fraction of sp³-hybridized carbons (Fsp3) is 1.00. The molecule has 1 unspecified atom stereocenters. The number of rotatable bonds is 9. The van der Waals surface area contributed by atoms with Gasteiger partial charge in [-0.3, -0.25) is 0 Å². The number of nitrogens with two attached hydrogens (primary N) is 1. The Morgan fingerprint density at radius 1 is 1.14 bits per heavy atom. The van der Waals surface area contributed by atoms with Gasteiger partial charge in [-0.2, -0.15) is 0 Å². The zero-order valence-corrected chi connectivity index (χ0v) is 10.3. The lowest BCUT2D eigenvalue weighted by molar-refractivity contribution is 0.309. The Labute approximate surface area is 89.9 Å². The van der Waals surface area contributed by atoms with Gasteiger partial charge in [-0.25, -0.2) is 0 Å². The van der Waals surface area contributed by atoms with Crippen LogP contribution >= 0.6 is 0 Å². The molecular formula is C12H28N2. The summed E-state index contributed by atoms with van der Waals surface area (Å²) >= 11 is 0. The van der Waals surface area contributed by atoms with Crippen molar-refractivity contribution < 1.29 is 0 Å². The van der Waals surface area contributed by atoms with E-state index < -0.39 is 0 Å². The smallest absolute Gasteiger partial charge is 0.00217 e. The Kier molecular flexibility index (Phi) is 9.42. The van der Waals surface area contributed by atoms with Gasteiger partial charge in [-0.05, 0) is 51.9 Å². The molecule has 0 fully saturated rings. The fourth-order valence-electron chi connectivity index (χ4n) is 1.57. The highest BCUT2D eigenvalue weighted by molar-refractivity contribution is 4.57. The van der Waals surface area contributed by atoms with Gasteiger partial charge >= 0.3 is 0 Å². The second kappa shape index (κ2) is 9.47. The van der Waals surface area contributed by atoms with Crippen molar-refractivity contribution in [3.05, 3.63) is 0 Å². The summed E-state index contributed by atoms with van der Waals surface area (Å²) in [5, 5.41) is 0. The molecule has 0 aliphatic heterocycles. The molecule has 0 aromatic heterocycles. The number of hydrogen-bond acceptors (Lipinski definition) is 2. The van der Waals surface area contributed by atoms with Crippen LogP contribution in [0.25, 0.3) is 0 Å². The van der Waals surface area contributed by atoms with E-state index in [1.54, 1.807) is 0 Å². The van der Waals surface area contributed by atoms with Gasteiger partial charge in [0.25, 0.3) is 0 Å². The molecule has 2 nitrogen and oxygen atoms in total. The lowest BCUT2D eigenvalue weighted by Gasteiger charge is -2.17. The summed E-state index contributed by atoms with van der Waals surface area (Å²) in [5.74, 6) is 0.694. The predicted octanol–water partition coefficient (Wildman–Crippen LogP) is 2.48. The van der Waals surface area contributed by atoms with Gasteiger partial charge < -0.3 is 10.6 Å². The van der Waals surface area contributed by atoms with E-state index in [1.165, 1.54) is 45.2 Å². The van der Waals surface area contributed by atoms with Crippen LogP contribution in [0.5, 0.6) is 0 Å². The van der Waals surface area contributed by atoms with Crippen molar-refractivity contribution in [3.63, 3.8) is 0 Å². The lowest BCUT2D eigenvalue weighted by Crippen LogP contribution is -2.22. The van der Waals surface area contributed by atoms with Gasteiger partial charge in [0.15, 0.2) is 0 Å². The van der Waals surface area contributed by atoms with Crippen molar-refractivity contribution in [2.45, 2.75) is 46.0 Å². The second-order valence-electron chi connectivity index (χ2n) is 4.49. The molecule has 0 heterocycles. The van der Waals surface area contributed by atoms with Gasteiger partial charge in [0.2, 0.25) is 0 Å². The minimum absolute atomic E-state index is 0.694. The van der Waals surface area contributed by atoms with E-state index in [-0.39, 0.29) is 0 Å². The molecule has 0 aliphatic rings. The third kappa shape index (κ3) is 8.52. The quantitative estimate of drug-likeness (QED) is 0.579. The average Bonchev–Trinajstić information content (AvgIpc) is 2.18. The van der Waals surface area contributed by atoms with Gasteiger partial charge in [-0.15, -0.1) is 0 Å². The Hall–Kier alpha value is -0.0800. The summed E-state index contributed by atoms with van der Waals surface area (Å²) < 4.78 is 0. The van der Waals surface area contributed by atoms with Crippen LogP contribution in [0.3, 0.4) is 0 Å². The molecule has 14 heavy (non-hydrogen) atoms. The molecule has 0 aromatic rings. The molecule has 0 rings (SSSR count). The van der Waals surface area contributed by atoms with Crippen LogP contribution in [0.1, 0.15) is 46.0 Å². The molecule has 0 amide bonds. The molecule has 0 saturated carbocycles. The van der Waals surface area contributed by atoms with E-state index in [1.807, 2.05) is 0 Å². The lowest BCUT2D eigenvalue weighted by atomic mass is 10.1. The second-order valence-corrected chi connectivity index (χ2v) is 4.49. The summed E-state index contributed by atoms with van der Waals surface area (Å²) in [5.41, 5.74) is 5.57. The van der Waals surface area contributed by atoms with Crippen LogP contribution in [-0.4, -0.2) is 31.6 Å². The Morgan fingerprint density at radius 2 is 1.79 bits per heavy atom. The van der Waals surface area contributed by atoms with Crippen LogP contribution in [-0.2, 0) is 0 Å². The topological polar surface area (TPSA) is 29.3 Å². The van der Waals surface area contributed by atoms with E-state index in [4.69, 9.17) is 5.73 Å². The first-order chi connectivity index (χ1) is 6.70. The highest BCUT2D eigenvalue weighted by Crippen LogP contribution is 2.04. The molecular weight excluding hydrogens is 172 g/mol. The highest BCUT2D eigenvalue weighted by atomic mass is 15.1. The van der Waals surface area contributed by atoms with E-state index in [0.717, 1.165) is 6.54 Å². The van der Waals surface area contributed by atoms with Crippen molar-refractivity contribution in [1.29, 1.82) is 0 Å². The first kappa shape index (κ1) is 13.9. The molecule has 0 aliphatic carbocycles. The maximum atomic E-state index is 5.57. The standard InChI is InChI=1S/C12H28N2/c1-4-5-6-9-14(3)10-7-8-12(2)11-13/h12H,4-11,13H2,1-3H3. The number of hydrogen-bond donors (Lipinski definition) is 1. The summed E-state index contributed by atoms with van der Waals surface area (Å²) in [7, 11) is 2.22. The molecule has 0 saturated heterocycles. The minimum Gasteiger partial charge on any atom is -0.330 e. The summed E-state index contributed by atoms with van der Waals surface area (Å²) in [4.78, 5) is 2.44. The largest absolute Gasteiger partial charge is 0.330 e. The molecule has 0 radical (unpaired) electrons. The van der Waals surface area contributed by atoms with Crippen molar-refractivity contribution >= 4 is 0 Å². The summed E-state index contributed by atoms with van der Waals surface area (Å²) in [6, 6.07) is 0. The summed E-state index contributed by atoms with van der Waals surface area (Å²) in [6.45, 7) is 7.80. The molecule has 0 aromatic carbocycles. The monoisotopic (exact) mass is 200 g/mol. The SMILES string of the molecule is CCCCCN(C)CCCC(C)CN. The molecule has 0 bridgehead atoms. The van der Waals surface area contributed by atoms with Crippen LogP contribution in [0.4, 0.5) is 0 Å². The van der Waals surface area contributed by atoms with E-state index >= 15 is 0 Å². The normalized spacial score (nSPS) is 13.5.